The largest absolute Gasteiger partial charge is 0.462 e. The van der Waals surface area contributed by atoms with Crippen molar-refractivity contribution in [1.29, 1.82) is 0 Å². The van der Waals surface area contributed by atoms with Crippen molar-refractivity contribution in [3.63, 3.8) is 0 Å². The van der Waals surface area contributed by atoms with Crippen LogP contribution in [0.3, 0.4) is 0 Å². The van der Waals surface area contributed by atoms with Crippen LogP contribution in [0.15, 0.2) is 25.3 Å². The SMILES string of the molecule is C=CC(=O)OCC(CCCS(C)(C)C)COC(=O)C=C. The lowest BCUT2D eigenvalue weighted by atomic mass is 10.1. The molecule has 0 bridgehead atoms. The van der Waals surface area contributed by atoms with E-state index in [-0.39, 0.29) is 19.1 Å². The van der Waals surface area contributed by atoms with Gasteiger partial charge in [0.2, 0.25) is 0 Å². The van der Waals surface area contributed by atoms with Crippen molar-refractivity contribution in [2.75, 3.05) is 37.7 Å². The Labute approximate surface area is 123 Å². The van der Waals surface area contributed by atoms with Crippen molar-refractivity contribution >= 4 is 22.0 Å². The van der Waals surface area contributed by atoms with Gasteiger partial charge in [0.15, 0.2) is 0 Å². The molecule has 0 fully saturated rings. The lowest BCUT2D eigenvalue weighted by Crippen LogP contribution is -2.20. The first-order chi connectivity index (χ1) is 9.28. The van der Waals surface area contributed by atoms with E-state index in [9.17, 15) is 9.59 Å². The van der Waals surface area contributed by atoms with Crippen LogP contribution in [0.4, 0.5) is 0 Å². The first-order valence-electron chi connectivity index (χ1n) is 6.53. The van der Waals surface area contributed by atoms with Gasteiger partial charge in [-0.3, -0.25) is 0 Å². The summed E-state index contributed by atoms with van der Waals surface area (Å²) in [5, 5.41) is 0. The molecule has 0 unspecified atom stereocenters. The molecule has 0 heterocycles. The van der Waals surface area contributed by atoms with Gasteiger partial charge in [-0.05, 0) is 37.4 Å². The summed E-state index contributed by atoms with van der Waals surface area (Å²) >= 11 is 0. The van der Waals surface area contributed by atoms with Crippen LogP contribution in [-0.4, -0.2) is 49.7 Å². The zero-order valence-electron chi connectivity index (χ0n) is 12.7. The van der Waals surface area contributed by atoms with E-state index in [2.05, 4.69) is 31.9 Å². The Hall–Kier alpha value is -1.23. The second kappa shape index (κ2) is 9.64. The molecular formula is C15H26O4S. The van der Waals surface area contributed by atoms with Gasteiger partial charge in [0.25, 0.3) is 0 Å². The molecule has 0 radical (unpaired) electrons. The fraction of sp³-hybridized carbons (Fsp3) is 0.600. The van der Waals surface area contributed by atoms with Crippen LogP contribution >= 0.6 is 10.0 Å². The Balaban J connectivity index is 4.23. The molecule has 0 aromatic carbocycles. The van der Waals surface area contributed by atoms with Gasteiger partial charge in [0, 0.05) is 18.1 Å². The minimum atomic E-state index is -0.540. The van der Waals surface area contributed by atoms with Crippen LogP contribution in [0.2, 0.25) is 0 Å². The molecule has 0 N–H and O–H groups in total. The highest BCUT2D eigenvalue weighted by atomic mass is 32.3. The molecule has 0 aliphatic carbocycles. The van der Waals surface area contributed by atoms with Gasteiger partial charge < -0.3 is 9.47 Å². The smallest absolute Gasteiger partial charge is 0.330 e. The molecular weight excluding hydrogens is 276 g/mol. The Kier molecular flexibility index (Phi) is 9.05. The van der Waals surface area contributed by atoms with E-state index in [1.54, 1.807) is 0 Å². The van der Waals surface area contributed by atoms with Crippen molar-refractivity contribution in [1.82, 2.24) is 0 Å². The fourth-order valence-electron chi connectivity index (χ4n) is 1.54. The van der Waals surface area contributed by atoms with Gasteiger partial charge in [-0.25, -0.2) is 19.6 Å². The Morgan fingerprint density at radius 2 is 1.50 bits per heavy atom. The van der Waals surface area contributed by atoms with Gasteiger partial charge in [-0.1, -0.05) is 13.2 Å². The summed E-state index contributed by atoms with van der Waals surface area (Å²) in [5.74, 6) is 0.261. The number of hydrogen-bond donors (Lipinski definition) is 0. The highest BCUT2D eigenvalue weighted by Crippen LogP contribution is 2.35. The topological polar surface area (TPSA) is 52.6 Å². The van der Waals surface area contributed by atoms with Crippen molar-refractivity contribution < 1.29 is 19.1 Å². The third-order valence-corrected chi connectivity index (χ3v) is 4.14. The number of esters is 2. The van der Waals surface area contributed by atoms with E-state index in [0.29, 0.717) is 0 Å². The molecule has 0 spiro atoms. The molecule has 0 saturated carbocycles. The average molecular weight is 302 g/mol. The Morgan fingerprint density at radius 3 is 1.85 bits per heavy atom. The summed E-state index contributed by atoms with van der Waals surface area (Å²) in [4.78, 5) is 22.2. The van der Waals surface area contributed by atoms with Crippen molar-refractivity contribution in [3.05, 3.63) is 25.3 Å². The molecule has 0 saturated heterocycles. The van der Waals surface area contributed by atoms with Crippen molar-refractivity contribution in [2.45, 2.75) is 12.8 Å². The van der Waals surface area contributed by atoms with E-state index >= 15 is 0 Å². The van der Waals surface area contributed by atoms with E-state index in [1.165, 1.54) is 0 Å². The highest BCUT2D eigenvalue weighted by molar-refractivity contribution is 8.32. The maximum atomic E-state index is 11.1. The number of carbonyl (C=O) groups excluding carboxylic acids is 2. The summed E-state index contributed by atoms with van der Waals surface area (Å²) < 4.78 is 10.1. The van der Waals surface area contributed by atoms with Crippen LogP contribution in [0.5, 0.6) is 0 Å². The second-order valence-corrected chi connectivity index (χ2v) is 10.1. The summed E-state index contributed by atoms with van der Waals surface area (Å²) in [6, 6.07) is 0. The molecule has 0 aromatic rings. The molecule has 0 rings (SSSR count). The highest BCUT2D eigenvalue weighted by Gasteiger charge is 2.14. The molecule has 0 aliphatic rings. The van der Waals surface area contributed by atoms with E-state index < -0.39 is 22.0 Å². The minimum Gasteiger partial charge on any atom is -0.462 e. The zero-order valence-corrected chi connectivity index (χ0v) is 13.5. The van der Waals surface area contributed by atoms with Gasteiger partial charge in [-0.2, -0.15) is 0 Å². The van der Waals surface area contributed by atoms with Crippen LogP contribution in [-0.2, 0) is 19.1 Å². The van der Waals surface area contributed by atoms with Crippen LogP contribution in [0.25, 0.3) is 0 Å². The Morgan fingerprint density at radius 1 is 1.05 bits per heavy atom. The fourth-order valence-corrected chi connectivity index (χ4v) is 2.57. The van der Waals surface area contributed by atoms with Crippen LogP contribution in [0.1, 0.15) is 12.8 Å². The molecule has 4 nitrogen and oxygen atoms in total. The maximum absolute atomic E-state index is 11.1. The molecule has 0 amide bonds. The lowest BCUT2D eigenvalue weighted by Gasteiger charge is -2.26. The maximum Gasteiger partial charge on any atom is 0.330 e. The van der Waals surface area contributed by atoms with Crippen LogP contribution in [0, 0.1) is 5.92 Å². The van der Waals surface area contributed by atoms with Crippen molar-refractivity contribution in [3.8, 4) is 0 Å². The number of ether oxygens (including phenoxy) is 2. The first kappa shape index (κ1) is 18.8. The predicted octanol–water partition coefficient (Wildman–Crippen LogP) is 2.54. The average Bonchev–Trinajstić information content (AvgIpc) is 2.38. The second-order valence-electron chi connectivity index (χ2n) is 5.47. The summed E-state index contributed by atoms with van der Waals surface area (Å²) in [5.41, 5.74) is 0. The predicted molar refractivity (Wildman–Crippen MR) is 85.3 cm³/mol. The molecule has 116 valence electrons. The molecule has 5 heteroatoms. The standard InChI is InChI=1S/C15H26O4S/c1-6-14(16)18-11-13(12-19-15(17)7-2)9-8-10-20(3,4)5/h6-7,13H,1-2,8-12H2,3-5H3. The number of hydrogen-bond acceptors (Lipinski definition) is 4. The number of rotatable bonds is 10. The van der Waals surface area contributed by atoms with Gasteiger partial charge in [-0.15, -0.1) is 0 Å². The molecule has 0 aliphatic heterocycles. The summed E-state index contributed by atoms with van der Waals surface area (Å²) in [7, 11) is -0.540. The van der Waals surface area contributed by atoms with Crippen LogP contribution < -0.4 is 0 Å². The summed E-state index contributed by atoms with van der Waals surface area (Å²) in [6.45, 7) is 7.19. The zero-order chi connectivity index (χ0) is 15.6. The number of carbonyl (C=O) groups is 2. The third kappa shape index (κ3) is 10.7. The van der Waals surface area contributed by atoms with E-state index in [1.807, 2.05) is 0 Å². The van der Waals surface area contributed by atoms with E-state index in [4.69, 9.17) is 9.47 Å². The summed E-state index contributed by atoms with van der Waals surface area (Å²) in [6.07, 6.45) is 10.9. The van der Waals surface area contributed by atoms with Gasteiger partial charge >= 0.3 is 11.9 Å². The van der Waals surface area contributed by atoms with Gasteiger partial charge in [0.05, 0.1) is 13.2 Å². The first-order valence-corrected chi connectivity index (χ1v) is 9.55. The Bertz CT molecular complexity index is 320. The van der Waals surface area contributed by atoms with Gasteiger partial charge in [0.1, 0.15) is 0 Å². The van der Waals surface area contributed by atoms with Crippen molar-refractivity contribution in [2.24, 2.45) is 5.92 Å². The monoisotopic (exact) mass is 302 g/mol. The molecule has 20 heavy (non-hydrogen) atoms. The molecule has 0 atom stereocenters. The quantitative estimate of drug-likeness (QED) is 0.460. The third-order valence-electron chi connectivity index (χ3n) is 2.63. The minimum absolute atomic E-state index is 0.0181. The lowest BCUT2D eigenvalue weighted by molar-refractivity contribution is -0.143. The van der Waals surface area contributed by atoms with E-state index in [0.717, 1.165) is 30.7 Å². The molecule has 0 aromatic heterocycles. The normalized spacial score (nSPS) is 11.8.